The van der Waals surface area contributed by atoms with Crippen molar-refractivity contribution in [1.82, 2.24) is 20.0 Å². The van der Waals surface area contributed by atoms with Gasteiger partial charge in [-0.05, 0) is 48.8 Å². The largest absolute Gasteiger partial charge is 0.357 e. The number of guanidine groups is 1. The molecule has 1 aromatic heterocycles. The first kappa shape index (κ1) is 20.2. The molecule has 2 aromatic rings. The zero-order valence-electron chi connectivity index (χ0n) is 16.1. The summed E-state index contributed by atoms with van der Waals surface area (Å²) in [6, 6.07) is 10.6. The van der Waals surface area contributed by atoms with Crippen LogP contribution in [0.2, 0.25) is 0 Å². The van der Waals surface area contributed by atoms with E-state index in [1.54, 1.807) is 0 Å². The highest BCUT2D eigenvalue weighted by Crippen LogP contribution is 2.47. The monoisotopic (exact) mass is 479 g/mol. The van der Waals surface area contributed by atoms with Gasteiger partial charge in [0.2, 0.25) is 0 Å². The molecule has 1 aliphatic heterocycles. The summed E-state index contributed by atoms with van der Waals surface area (Å²) in [5.74, 6) is 1.08. The molecule has 0 amide bonds. The van der Waals surface area contributed by atoms with Crippen LogP contribution in [0.25, 0.3) is 0 Å². The van der Waals surface area contributed by atoms with Gasteiger partial charge < -0.3 is 10.2 Å². The lowest BCUT2D eigenvalue weighted by Crippen LogP contribution is -2.42. The van der Waals surface area contributed by atoms with Crippen molar-refractivity contribution in [3.8, 4) is 0 Å². The molecule has 0 atom stereocenters. The third kappa shape index (κ3) is 4.83. The quantitative estimate of drug-likeness (QED) is 0.402. The summed E-state index contributed by atoms with van der Waals surface area (Å²) >= 11 is 0. The van der Waals surface area contributed by atoms with Gasteiger partial charge in [-0.25, -0.2) is 4.99 Å². The molecule has 1 spiro atoms. The second kappa shape index (κ2) is 9.08. The molecule has 1 aromatic carbocycles. The van der Waals surface area contributed by atoms with Crippen LogP contribution in [0.15, 0.2) is 47.7 Å². The van der Waals surface area contributed by atoms with Crippen LogP contribution < -0.4 is 5.32 Å². The molecular formula is C21H30IN5. The number of aromatic nitrogens is 2. The standard InChI is InChI=1S/C21H29N5.HI/c1-2-22-20(25-13-10-21(17-25)8-4-9-21)23-15-18-6-3-7-19(14-18)16-26-12-5-11-24-26;/h3,5-7,11-12,14H,2,4,8-10,13,15-17H2,1H3,(H,22,23);1H. The third-order valence-electron chi connectivity index (χ3n) is 5.79. The first-order valence-corrected chi connectivity index (χ1v) is 9.85. The van der Waals surface area contributed by atoms with Gasteiger partial charge in [-0.2, -0.15) is 5.10 Å². The second-order valence-electron chi connectivity index (χ2n) is 7.72. The van der Waals surface area contributed by atoms with Gasteiger partial charge in [-0.15, -0.1) is 24.0 Å². The van der Waals surface area contributed by atoms with Crippen LogP contribution in [0.4, 0.5) is 0 Å². The Morgan fingerprint density at radius 3 is 2.74 bits per heavy atom. The average Bonchev–Trinajstić information content (AvgIpc) is 3.28. The van der Waals surface area contributed by atoms with Crippen molar-refractivity contribution < 1.29 is 0 Å². The molecule has 1 saturated carbocycles. The lowest BCUT2D eigenvalue weighted by molar-refractivity contribution is 0.151. The lowest BCUT2D eigenvalue weighted by atomic mass is 9.68. The van der Waals surface area contributed by atoms with E-state index in [1.165, 1.54) is 43.4 Å². The number of hydrogen-bond donors (Lipinski definition) is 1. The summed E-state index contributed by atoms with van der Waals surface area (Å²) < 4.78 is 1.95. The maximum atomic E-state index is 4.94. The van der Waals surface area contributed by atoms with E-state index in [1.807, 2.05) is 23.1 Å². The average molecular weight is 479 g/mol. The molecule has 0 unspecified atom stereocenters. The predicted molar refractivity (Wildman–Crippen MR) is 120 cm³/mol. The number of rotatable bonds is 5. The Labute approximate surface area is 179 Å². The molecule has 5 nitrogen and oxygen atoms in total. The molecule has 2 heterocycles. The highest BCUT2D eigenvalue weighted by Gasteiger charge is 2.43. The van der Waals surface area contributed by atoms with E-state index in [4.69, 9.17) is 4.99 Å². The molecule has 0 radical (unpaired) electrons. The number of nitrogens with zero attached hydrogens (tertiary/aromatic N) is 4. The fraction of sp³-hybridized carbons (Fsp3) is 0.524. The summed E-state index contributed by atoms with van der Waals surface area (Å²) in [5, 5.41) is 7.79. The SMILES string of the molecule is CCNC(=NCc1cccc(Cn2cccn2)c1)N1CCC2(CCC2)C1.I. The number of likely N-dealkylation sites (tertiary alicyclic amines) is 1. The molecule has 2 aliphatic rings. The Kier molecular flexibility index (Phi) is 6.78. The molecule has 6 heteroatoms. The van der Waals surface area contributed by atoms with Gasteiger partial charge >= 0.3 is 0 Å². The zero-order valence-corrected chi connectivity index (χ0v) is 18.4. The van der Waals surface area contributed by atoms with E-state index in [0.29, 0.717) is 5.41 Å². The first-order valence-electron chi connectivity index (χ1n) is 9.85. The molecule has 146 valence electrons. The van der Waals surface area contributed by atoms with Crippen LogP contribution in [-0.2, 0) is 13.1 Å². The van der Waals surface area contributed by atoms with Crippen molar-refractivity contribution in [2.45, 2.75) is 45.7 Å². The van der Waals surface area contributed by atoms with Gasteiger partial charge in [0.05, 0.1) is 13.1 Å². The Hall–Kier alpha value is -1.57. The smallest absolute Gasteiger partial charge is 0.194 e. The van der Waals surface area contributed by atoms with Crippen molar-refractivity contribution >= 4 is 29.9 Å². The Morgan fingerprint density at radius 1 is 1.22 bits per heavy atom. The van der Waals surface area contributed by atoms with Crippen LogP contribution >= 0.6 is 24.0 Å². The maximum absolute atomic E-state index is 4.94. The Morgan fingerprint density at radius 2 is 2.07 bits per heavy atom. The van der Waals surface area contributed by atoms with Crippen LogP contribution in [-0.4, -0.2) is 40.3 Å². The lowest BCUT2D eigenvalue weighted by Gasteiger charge is -2.38. The summed E-state index contributed by atoms with van der Waals surface area (Å²) in [5.41, 5.74) is 3.11. The second-order valence-corrected chi connectivity index (χ2v) is 7.72. The van der Waals surface area contributed by atoms with Crippen molar-refractivity contribution in [2.24, 2.45) is 10.4 Å². The molecule has 2 fully saturated rings. The van der Waals surface area contributed by atoms with Gasteiger partial charge in [-0.1, -0.05) is 30.7 Å². The van der Waals surface area contributed by atoms with Gasteiger partial charge in [0.15, 0.2) is 5.96 Å². The van der Waals surface area contributed by atoms with Crippen LogP contribution in [0.3, 0.4) is 0 Å². The number of nitrogens with one attached hydrogen (secondary N) is 1. The van der Waals surface area contributed by atoms with Gasteiger partial charge in [0.1, 0.15) is 0 Å². The van der Waals surface area contributed by atoms with Gasteiger partial charge in [0, 0.05) is 32.0 Å². The number of hydrogen-bond acceptors (Lipinski definition) is 2. The van der Waals surface area contributed by atoms with Crippen molar-refractivity contribution in [3.05, 3.63) is 53.9 Å². The van der Waals surface area contributed by atoms with Crippen molar-refractivity contribution in [2.75, 3.05) is 19.6 Å². The number of aliphatic imine (C=N–C) groups is 1. The van der Waals surface area contributed by atoms with E-state index in [0.717, 1.165) is 32.1 Å². The van der Waals surface area contributed by atoms with E-state index in [9.17, 15) is 0 Å². The highest BCUT2D eigenvalue weighted by molar-refractivity contribution is 14.0. The first-order chi connectivity index (χ1) is 12.8. The maximum Gasteiger partial charge on any atom is 0.194 e. The number of halogens is 1. The van der Waals surface area contributed by atoms with Crippen LogP contribution in [0.1, 0.15) is 43.7 Å². The van der Waals surface area contributed by atoms with E-state index in [2.05, 4.69) is 46.5 Å². The Bertz CT molecular complexity index is 752. The molecular weight excluding hydrogens is 449 g/mol. The summed E-state index contributed by atoms with van der Waals surface area (Å²) in [7, 11) is 0. The van der Waals surface area contributed by atoms with Gasteiger partial charge in [0.25, 0.3) is 0 Å². The fourth-order valence-electron chi connectivity index (χ4n) is 4.20. The molecule has 1 aliphatic carbocycles. The summed E-state index contributed by atoms with van der Waals surface area (Å²) in [6.07, 6.45) is 9.36. The third-order valence-corrected chi connectivity index (χ3v) is 5.79. The molecule has 1 saturated heterocycles. The fourth-order valence-corrected chi connectivity index (χ4v) is 4.20. The van der Waals surface area contributed by atoms with E-state index in [-0.39, 0.29) is 24.0 Å². The Balaban J connectivity index is 0.00000210. The highest BCUT2D eigenvalue weighted by atomic mass is 127. The summed E-state index contributed by atoms with van der Waals surface area (Å²) in [6.45, 7) is 6.92. The predicted octanol–water partition coefficient (Wildman–Crippen LogP) is 3.89. The van der Waals surface area contributed by atoms with Crippen molar-refractivity contribution in [3.63, 3.8) is 0 Å². The zero-order chi connectivity index (χ0) is 17.8. The van der Waals surface area contributed by atoms with Crippen LogP contribution in [0, 0.1) is 5.41 Å². The molecule has 0 bridgehead atoms. The van der Waals surface area contributed by atoms with Crippen molar-refractivity contribution in [1.29, 1.82) is 0 Å². The minimum Gasteiger partial charge on any atom is -0.357 e. The minimum atomic E-state index is 0. The molecule has 27 heavy (non-hydrogen) atoms. The van der Waals surface area contributed by atoms with E-state index < -0.39 is 0 Å². The van der Waals surface area contributed by atoms with Crippen LogP contribution in [0.5, 0.6) is 0 Å². The molecule has 4 rings (SSSR count). The number of benzene rings is 1. The minimum absolute atomic E-state index is 0. The van der Waals surface area contributed by atoms with Gasteiger partial charge in [-0.3, -0.25) is 4.68 Å². The summed E-state index contributed by atoms with van der Waals surface area (Å²) in [4.78, 5) is 7.41. The normalized spacial score (nSPS) is 18.3. The molecule has 1 N–H and O–H groups in total. The van der Waals surface area contributed by atoms with E-state index >= 15 is 0 Å². The topological polar surface area (TPSA) is 45.5 Å².